The number of nitrogens with one attached hydrogen (secondary N) is 2. The van der Waals surface area contributed by atoms with E-state index < -0.39 is 5.82 Å². The van der Waals surface area contributed by atoms with Gasteiger partial charge in [0.25, 0.3) is 5.91 Å². The highest BCUT2D eigenvalue weighted by atomic mass is 32.1. The SMILES string of the molecule is O=C(NCCCc1nc(-c2ccncc2)cs1)c1cccnc1Nc1ccccc1F. The molecule has 0 unspecified atom stereocenters. The van der Waals surface area contributed by atoms with Gasteiger partial charge in [0.2, 0.25) is 0 Å². The molecular weight excluding hydrogens is 413 g/mol. The zero-order chi connectivity index (χ0) is 21.5. The third-order valence-corrected chi connectivity index (χ3v) is 5.47. The number of carbonyl (C=O) groups excluding carboxylic acids is 1. The largest absolute Gasteiger partial charge is 0.352 e. The number of para-hydroxylation sites is 1. The number of pyridine rings is 2. The van der Waals surface area contributed by atoms with E-state index in [-0.39, 0.29) is 11.6 Å². The molecule has 8 heteroatoms. The highest BCUT2D eigenvalue weighted by Crippen LogP contribution is 2.22. The number of anilines is 2. The van der Waals surface area contributed by atoms with E-state index in [0.29, 0.717) is 17.9 Å². The summed E-state index contributed by atoms with van der Waals surface area (Å²) >= 11 is 1.60. The first-order valence-electron chi connectivity index (χ1n) is 9.80. The van der Waals surface area contributed by atoms with Gasteiger partial charge in [0, 0.05) is 42.5 Å². The van der Waals surface area contributed by atoms with Crippen molar-refractivity contribution in [2.24, 2.45) is 0 Å². The Morgan fingerprint density at radius 3 is 2.71 bits per heavy atom. The first-order valence-corrected chi connectivity index (χ1v) is 10.7. The molecule has 4 aromatic rings. The average molecular weight is 434 g/mol. The molecule has 0 aliphatic carbocycles. The molecule has 0 atom stereocenters. The van der Waals surface area contributed by atoms with Gasteiger partial charge in [0.1, 0.15) is 11.6 Å². The van der Waals surface area contributed by atoms with Crippen LogP contribution in [0, 0.1) is 5.82 Å². The van der Waals surface area contributed by atoms with Gasteiger partial charge in [-0.25, -0.2) is 14.4 Å². The van der Waals surface area contributed by atoms with Crippen molar-refractivity contribution in [1.29, 1.82) is 0 Å². The Kier molecular flexibility index (Phi) is 6.59. The molecule has 1 amide bonds. The second-order valence-corrected chi connectivity index (χ2v) is 7.67. The Hall–Kier alpha value is -3.65. The molecule has 156 valence electrons. The van der Waals surface area contributed by atoms with Gasteiger partial charge in [-0.2, -0.15) is 0 Å². The van der Waals surface area contributed by atoms with Crippen molar-refractivity contribution in [3.05, 3.63) is 88.9 Å². The molecule has 0 spiro atoms. The fourth-order valence-corrected chi connectivity index (χ4v) is 3.85. The highest BCUT2D eigenvalue weighted by molar-refractivity contribution is 7.09. The topological polar surface area (TPSA) is 79.8 Å². The molecule has 0 aliphatic heterocycles. The van der Waals surface area contributed by atoms with Crippen LogP contribution in [0.3, 0.4) is 0 Å². The second-order valence-electron chi connectivity index (χ2n) is 6.73. The number of aryl methyl sites for hydroxylation is 1. The van der Waals surface area contributed by atoms with E-state index in [1.807, 2.05) is 17.5 Å². The number of carbonyl (C=O) groups is 1. The minimum atomic E-state index is -0.408. The lowest BCUT2D eigenvalue weighted by atomic mass is 10.2. The van der Waals surface area contributed by atoms with Crippen LogP contribution in [0.25, 0.3) is 11.3 Å². The van der Waals surface area contributed by atoms with Crippen LogP contribution in [0.2, 0.25) is 0 Å². The summed E-state index contributed by atoms with van der Waals surface area (Å²) in [6.45, 7) is 0.497. The molecule has 0 saturated carbocycles. The van der Waals surface area contributed by atoms with Crippen LogP contribution in [0.1, 0.15) is 21.8 Å². The molecule has 4 rings (SSSR count). The summed E-state index contributed by atoms with van der Waals surface area (Å²) in [5.74, 6) is -0.357. The van der Waals surface area contributed by atoms with Crippen molar-refractivity contribution in [2.45, 2.75) is 12.8 Å². The normalized spacial score (nSPS) is 10.6. The van der Waals surface area contributed by atoms with Gasteiger partial charge in [-0.1, -0.05) is 12.1 Å². The average Bonchev–Trinajstić information content (AvgIpc) is 3.28. The van der Waals surface area contributed by atoms with Crippen LogP contribution in [-0.4, -0.2) is 27.4 Å². The van der Waals surface area contributed by atoms with Crippen molar-refractivity contribution < 1.29 is 9.18 Å². The van der Waals surface area contributed by atoms with Crippen molar-refractivity contribution in [3.63, 3.8) is 0 Å². The monoisotopic (exact) mass is 433 g/mol. The van der Waals surface area contributed by atoms with Crippen molar-refractivity contribution >= 4 is 28.7 Å². The maximum atomic E-state index is 13.9. The lowest BCUT2D eigenvalue weighted by Gasteiger charge is -2.11. The smallest absolute Gasteiger partial charge is 0.255 e. The number of aromatic nitrogens is 3. The molecule has 3 aromatic heterocycles. The molecule has 31 heavy (non-hydrogen) atoms. The maximum Gasteiger partial charge on any atom is 0.255 e. The fraction of sp³-hybridized carbons (Fsp3) is 0.130. The first-order chi connectivity index (χ1) is 15.2. The third kappa shape index (κ3) is 5.29. The molecule has 2 N–H and O–H groups in total. The summed E-state index contributed by atoms with van der Waals surface area (Å²) in [4.78, 5) is 25.5. The zero-order valence-corrected chi connectivity index (χ0v) is 17.4. The lowest BCUT2D eigenvalue weighted by molar-refractivity contribution is 0.0954. The summed E-state index contributed by atoms with van der Waals surface area (Å²) < 4.78 is 13.9. The van der Waals surface area contributed by atoms with E-state index in [9.17, 15) is 9.18 Å². The van der Waals surface area contributed by atoms with Crippen LogP contribution in [0.5, 0.6) is 0 Å². The molecule has 1 aromatic carbocycles. The van der Waals surface area contributed by atoms with E-state index >= 15 is 0 Å². The van der Waals surface area contributed by atoms with E-state index in [1.165, 1.54) is 6.07 Å². The highest BCUT2D eigenvalue weighted by Gasteiger charge is 2.13. The third-order valence-electron chi connectivity index (χ3n) is 4.56. The summed E-state index contributed by atoms with van der Waals surface area (Å²) in [6.07, 6.45) is 6.58. The first kappa shape index (κ1) is 20.6. The molecule has 0 bridgehead atoms. The predicted octanol–water partition coefficient (Wildman–Crippen LogP) is 4.85. The molecule has 6 nitrogen and oxygen atoms in total. The fourth-order valence-electron chi connectivity index (χ4n) is 3.00. The van der Waals surface area contributed by atoms with Gasteiger partial charge in [-0.05, 0) is 42.8 Å². The summed E-state index contributed by atoms with van der Waals surface area (Å²) in [5, 5.41) is 8.85. The van der Waals surface area contributed by atoms with Crippen LogP contribution in [-0.2, 0) is 6.42 Å². The number of nitrogens with zero attached hydrogens (tertiary/aromatic N) is 3. The van der Waals surface area contributed by atoms with Gasteiger partial charge in [0.15, 0.2) is 0 Å². The van der Waals surface area contributed by atoms with Crippen LogP contribution in [0.15, 0.2) is 72.5 Å². The Bertz CT molecular complexity index is 1170. The number of hydrogen-bond acceptors (Lipinski definition) is 6. The number of rotatable bonds is 8. The molecule has 0 radical (unpaired) electrons. The van der Waals surface area contributed by atoms with E-state index in [2.05, 4.69) is 25.6 Å². The Balaban J connectivity index is 1.32. The van der Waals surface area contributed by atoms with Gasteiger partial charge in [-0.15, -0.1) is 11.3 Å². The Morgan fingerprint density at radius 1 is 1.03 bits per heavy atom. The van der Waals surface area contributed by atoms with Crippen LogP contribution < -0.4 is 10.6 Å². The number of hydrogen-bond donors (Lipinski definition) is 2. The summed E-state index contributed by atoms with van der Waals surface area (Å²) in [7, 11) is 0. The number of thiazole rings is 1. The van der Waals surface area contributed by atoms with Gasteiger partial charge in [-0.3, -0.25) is 9.78 Å². The predicted molar refractivity (Wildman–Crippen MR) is 120 cm³/mol. The van der Waals surface area contributed by atoms with Crippen LogP contribution in [0.4, 0.5) is 15.9 Å². The van der Waals surface area contributed by atoms with E-state index in [1.54, 1.807) is 60.3 Å². The summed E-state index contributed by atoms with van der Waals surface area (Å²) in [5.41, 5.74) is 2.60. The van der Waals surface area contributed by atoms with Gasteiger partial charge < -0.3 is 10.6 Å². The number of halogens is 1. The minimum absolute atomic E-state index is 0.261. The van der Waals surface area contributed by atoms with Gasteiger partial charge >= 0.3 is 0 Å². The molecular formula is C23H20FN5OS. The van der Waals surface area contributed by atoms with E-state index in [0.717, 1.165) is 29.1 Å². The number of benzene rings is 1. The quantitative estimate of drug-likeness (QED) is 0.389. The lowest BCUT2D eigenvalue weighted by Crippen LogP contribution is -2.25. The number of amides is 1. The molecule has 3 heterocycles. The van der Waals surface area contributed by atoms with Gasteiger partial charge in [0.05, 0.1) is 22.0 Å². The molecule has 0 saturated heterocycles. The Morgan fingerprint density at radius 2 is 1.87 bits per heavy atom. The van der Waals surface area contributed by atoms with Crippen molar-refractivity contribution in [3.8, 4) is 11.3 Å². The van der Waals surface area contributed by atoms with Crippen molar-refractivity contribution in [2.75, 3.05) is 11.9 Å². The van der Waals surface area contributed by atoms with Crippen molar-refractivity contribution in [1.82, 2.24) is 20.3 Å². The van der Waals surface area contributed by atoms with Crippen LogP contribution >= 0.6 is 11.3 Å². The minimum Gasteiger partial charge on any atom is -0.352 e. The Labute approximate surface area is 183 Å². The zero-order valence-electron chi connectivity index (χ0n) is 16.6. The maximum absolute atomic E-state index is 13.9. The molecule has 0 aliphatic rings. The van der Waals surface area contributed by atoms with E-state index in [4.69, 9.17) is 0 Å². The standard InChI is InChI=1S/C23H20FN5OS/c24-18-6-1-2-7-19(18)29-22-17(5-3-11-26-22)23(30)27-12-4-8-21-28-20(15-31-21)16-9-13-25-14-10-16/h1-3,5-7,9-11,13-15H,4,8,12H2,(H,26,29)(H,27,30). The summed E-state index contributed by atoms with van der Waals surface area (Å²) in [6, 6.07) is 13.5. The molecule has 0 fully saturated rings. The second kappa shape index (κ2) is 9.90.